The first kappa shape index (κ1) is 14.8. The number of hydrogen-bond donors (Lipinski definition) is 2. The lowest BCUT2D eigenvalue weighted by Gasteiger charge is -2.30. The number of hydrogen-bond acceptors (Lipinski definition) is 3. The van der Waals surface area contributed by atoms with E-state index in [9.17, 15) is 9.18 Å². The molecule has 1 fully saturated rings. The third kappa shape index (κ3) is 3.48. The standard InChI is InChI=1S/C15H21FN2O2/c1-20-14-7-6-10(8-12(14)16)9-18-13-5-3-2-4-11(13)15(17)19/h6-8,11,13,18H,2-5,9H2,1H3,(H2,17,19)/t11-,13+/m0/s1. The number of benzene rings is 1. The Hall–Kier alpha value is -1.62. The van der Waals surface area contributed by atoms with Crippen molar-refractivity contribution in [1.82, 2.24) is 5.32 Å². The molecule has 2 rings (SSSR count). The van der Waals surface area contributed by atoms with E-state index in [0.29, 0.717) is 6.54 Å². The van der Waals surface area contributed by atoms with Gasteiger partial charge in [0.25, 0.3) is 0 Å². The Balaban J connectivity index is 1.96. The minimum Gasteiger partial charge on any atom is -0.494 e. The van der Waals surface area contributed by atoms with Crippen molar-refractivity contribution >= 4 is 5.91 Å². The molecule has 0 aliphatic heterocycles. The maximum atomic E-state index is 13.6. The maximum absolute atomic E-state index is 13.6. The van der Waals surface area contributed by atoms with Gasteiger partial charge in [-0.3, -0.25) is 4.79 Å². The molecule has 1 aliphatic rings. The SMILES string of the molecule is COc1ccc(CN[C@@H]2CCCC[C@@H]2C(N)=O)cc1F. The molecule has 3 N–H and O–H groups in total. The van der Waals surface area contributed by atoms with E-state index in [1.165, 1.54) is 13.2 Å². The summed E-state index contributed by atoms with van der Waals surface area (Å²) in [6, 6.07) is 4.97. The predicted octanol–water partition coefficient (Wildman–Crippen LogP) is 1.97. The number of carbonyl (C=O) groups is 1. The number of halogens is 1. The second-order valence-electron chi connectivity index (χ2n) is 5.25. The van der Waals surface area contributed by atoms with E-state index < -0.39 is 0 Å². The molecule has 1 saturated carbocycles. The summed E-state index contributed by atoms with van der Waals surface area (Å²) in [6.45, 7) is 0.523. The zero-order chi connectivity index (χ0) is 14.5. The van der Waals surface area contributed by atoms with Gasteiger partial charge in [0.05, 0.1) is 13.0 Å². The molecule has 1 aromatic rings. The Labute approximate surface area is 118 Å². The fraction of sp³-hybridized carbons (Fsp3) is 0.533. The smallest absolute Gasteiger partial charge is 0.222 e. The zero-order valence-corrected chi connectivity index (χ0v) is 11.7. The van der Waals surface area contributed by atoms with Gasteiger partial charge in [0.1, 0.15) is 0 Å². The van der Waals surface area contributed by atoms with Crippen LogP contribution in [0.1, 0.15) is 31.2 Å². The van der Waals surface area contributed by atoms with E-state index in [2.05, 4.69) is 5.32 Å². The van der Waals surface area contributed by atoms with Gasteiger partial charge in [0.2, 0.25) is 5.91 Å². The second kappa shape index (κ2) is 6.70. The van der Waals surface area contributed by atoms with Gasteiger partial charge in [-0.15, -0.1) is 0 Å². The summed E-state index contributed by atoms with van der Waals surface area (Å²) in [4.78, 5) is 11.4. The van der Waals surface area contributed by atoms with E-state index in [1.807, 2.05) is 6.07 Å². The third-order valence-corrected chi connectivity index (χ3v) is 3.92. The number of ether oxygens (including phenoxy) is 1. The number of amides is 1. The number of carbonyl (C=O) groups excluding carboxylic acids is 1. The Kier molecular flexibility index (Phi) is 4.95. The molecule has 2 atom stereocenters. The van der Waals surface area contributed by atoms with Gasteiger partial charge in [-0.05, 0) is 30.5 Å². The number of rotatable bonds is 5. The number of methoxy groups -OCH3 is 1. The van der Waals surface area contributed by atoms with Crippen LogP contribution in [0.15, 0.2) is 18.2 Å². The van der Waals surface area contributed by atoms with Crippen LogP contribution >= 0.6 is 0 Å². The second-order valence-corrected chi connectivity index (χ2v) is 5.25. The van der Waals surface area contributed by atoms with Gasteiger partial charge >= 0.3 is 0 Å². The molecule has 0 heterocycles. The van der Waals surface area contributed by atoms with Gasteiger partial charge in [-0.1, -0.05) is 18.9 Å². The molecule has 0 unspecified atom stereocenters. The Morgan fingerprint density at radius 2 is 2.20 bits per heavy atom. The van der Waals surface area contributed by atoms with Crippen molar-refractivity contribution in [2.24, 2.45) is 11.7 Å². The van der Waals surface area contributed by atoms with Gasteiger partial charge in [-0.2, -0.15) is 0 Å². The van der Waals surface area contributed by atoms with Crippen LogP contribution < -0.4 is 15.8 Å². The largest absolute Gasteiger partial charge is 0.494 e. The Morgan fingerprint density at radius 3 is 2.85 bits per heavy atom. The molecule has 0 radical (unpaired) electrons. The Morgan fingerprint density at radius 1 is 1.45 bits per heavy atom. The van der Waals surface area contributed by atoms with E-state index in [4.69, 9.17) is 10.5 Å². The van der Waals surface area contributed by atoms with Crippen LogP contribution in [0.3, 0.4) is 0 Å². The van der Waals surface area contributed by atoms with Gasteiger partial charge in [0, 0.05) is 12.6 Å². The molecular weight excluding hydrogens is 259 g/mol. The molecule has 110 valence electrons. The molecular formula is C15H21FN2O2. The highest BCUT2D eigenvalue weighted by Gasteiger charge is 2.28. The van der Waals surface area contributed by atoms with Gasteiger partial charge in [-0.25, -0.2) is 4.39 Å². The quantitative estimate of drug-likeness (QED) is 0.866. The number of nitrogens with two attached hydrogens (primary N) is 1. The summed E-state index contributed by atoms with van der Waals surface area (Å²) in [7, 11) is 1.44. The van der Waals surface area contributed by atoms with Crippen LogP contribution in [0.25, 0.3) is 0 Å². The Bertz CT molecular complexity index is 479. The molecule has 0 saturated heterocycles. The van der Waals surface area contributed by atoms with Crippen LogP contribution in [0.4, 0.5) is 4.39 Å². The van der Waals surface area contributed by atoms with Crippen molar-refractivity contribution in [3.05, 3.63) is 29.6 Å². The van der Waals surface area contributed by atoms with E-state index in [-0.39, 0.29) is 29.4 Å². The van der Waals surface area contributed by atoms with Crippen LogP contribution in [0.2, 0.25) is 0 Å². The third-order valence-electron chi connectivity index (χ3n) is 3.92. The molecule has 20 heavy (non-hydrogen) atoms. The molecule has 0 bridgehead atoms. The normalized spacial score (nSPS) is 22.5. The monoisotopic (exact) mass is 280 g/mol. The summed E-state index contributed by atoms with van der Waals surface area (Å²) in [5.41, 5.74) is 6.26. The van der Waals surface area contributed by atoms with Crippen molar-refractivity contribution in [2.45, 2.75) is 38.3 Å². The lowest BCUT2D eigenvalue weighted by molar-refractivity contribution is -0.123. The van der Waals surface area contributed by atoms with Crippen molar-refractivity contribution in [1.29, 1.82) is 0 Å². The first-order chi connectivity index (χ1) is 9.61. The first-order valence-corrected chi connectivity index (χ1v) is 6.97. The average molecular weight is 280 g/mol. The summed E-state index contributed by atoms with van der Waals surface area (Å²) in [6.07, 6.45) is 3.91. The van der Waals surface area contributed by atoms with Gasteiger partial charge < -0.3 is 15.8 Å². The van der Waals surface area contributed by atoms with Gasteiger partial charge in [0.15, 0.2) is 11.6 Å². The fourth-order valence-corrected chi connectivity index (χ4v) is 2.78. The highest BCUT2D eigenvalue weighted by Crippen LogP contribution is 2.25. The molecule has 4 nitrogen and oxygen atoms in total. The summed E-state index contributed by atoms with van der Waals surface area (Å²) in [5, 5.41) is 3.33. The number of nitrogens with one attached hydrogen (secondary N) is 1. The van der Waals surface area contributed by atoms with Crippen molar-refractivity contribution in [3.63, 3.8) is 0 Å². The molecule has 1 aromatic carbocycles. The zero-order valence-electron chi connectivity index (χ0n) is 11.7. The summed E-state index contributed by atoms with van der Waals surface area (Å²) < 4.78 is 18.5. The minimum atomic E-state index is -0.373. The van der Waals surface area contributed by atoms with Crippen molar-refractivity contribution in [3.8, 4) is 5.75 Å². The first-order valence-electron chi connectivity index (χ1n) is 6.97. The average Bonchev–Trinajstić information content (AvgIpc) is 2.45. The molecule has 5 heteroatoms. The molecule has 0 spiro atoms. The van der Waals surface area contributed by atoms with Crippen molar-refractivity contribution in [2.75, 3.05) is 7.11 Å². The molecule has 1 amide bonds. The van der Waals surface area contributed by atoms with Crippen LogP contribution in [-0.2, 0) is 11.3 Å². The van der Waals surface area contributed by atoms with E-state index in [0.717, 1.165) is 31.2 Å². The van der Waals surface area contributed by atoms with Crippen LogP contribution in [0, 0.1) is 11.7 Å². The topological polar surface area (TPSA) is 64.3 Å². The lowest BCUT2D eigenvalue weighted by Crippen LogP contribution is -2.44. The number of primary amides is 1. The highest BCUT2D eigenvalue weighted by atomic mass is 19.1. The minimum absolute atomic E-state index is 0.0893. The highest BCUT2D eigenvalue weighted by molar-refractivity contribution is 5.77. The summed E-state index contributed by atoms with van der Waals surface area (Å²) >= 11 is 0. The van der Waals surface area contributed by atoms with Crippen LogP contribution in [-0.4, -0.2) is 19.1 Å². The van der Waals surface area contributed by atoms with E-state index in [1.54, 1.807) is 6.07 Å². The predicted molar refractivity (Wildman–Crippen MR) is 74.7 cm³/mol. The fourth-order valence-electron chi connectivity index (χ4n) is 2.78. The lowest BCUT2D eigenvalue weighted by atomic mass is 9.84. The molecule has 0 aromatic heterocycles. The maximum Gasteiger partial charge on any atom is 0.222 e. The van der Waals surface area contributed by atoms with E-state index >= 15 is 0 Å². The summed E-state index contributed by atoms with van der Waals surface area (Å²) in [5.74, 6) is -0.502. The molecule has 1 aliphatic carbocycles. The van der Waals surface area contributed by atoms with Crippen molar-refractivity contribution < 1.29 is 13.9 Å². The van der Waals surface area contributed by atoms with Crippen LogP contribution in [0.5, 0.6) is 5.75 Å².